The van der Waals surface area contributed by atoms with Crippen molar-refractivity contribution in [1.29, 1.82) is 0 Å². The number of hydrogen-bond acceptors (Lipinski definition) is 4. The number of anilines is 1. The molecule has 1 N–H and O–H groups in total. The number of barbiturate groups is 1. The molecule has 1 aliphatic heterocycles. The molecule has 1 atom stereocenters. The first kappa shape index (κ1) is 16.8. The highest BCUT2D eigenvalue weighted by Crippen LogP contribution is 2.26. The molecular weight excluding hydrogens is 349 g/mol. The first-order valence-corrected chi connectivity index (χ1v) is 7.59. The van der Waals surface area contributed by atoms with Gasteiger partial charge in [-0.2, -0.15) is 0 Å². The van der Waals surface area contributed by atoms with Gasteiger partial charge in [0.15, 0.2) is 5.92 Å². The van der Waals surface area contributed by atoms with Crippen LogP contribution in [0.4, 0.5) is 20.6 Å². The molecule has 4 amide bonds. The van der Waals surface area contributed by atoms with Crippen molar-refractivity contribution in [2.24, 2.45) is 10.9 Å². The Bertz CT molecular complexity index is 900. The van der Waals surface area contributed by atoms with E-state index in [9.17, 15) is 18.8 Å². The van der Waals surface area contributed by atoms with Crippen molar-refractivity contribution in [2.45, 2.75) is 0 Å². The van der Waals surface area contributed by atoms with E-state index >= 15 is 0 Å². The van der Waals surface area contributed by atoms with E-state index in [1.54, 1.807) is 24.3 Å². The minimum absolute atomic E-state index is 0.242. The van der Waals surface area contributed by atoms with Gasteiger partial charge in [0.05, 0.1) is 16.4 Å². The average Bonchev–Trinajstić information content (AvgIpc) is 2.57. The fourth-order valence-electron chi connectivity index (χ4n) is 2.29. The quantitative estimate of drug-likeness (QED) is 0.675. The molecule has 0 bridgehead atoms. The summed E-state index contributed by atoms with van der Waals surface area (Å²) >= 11 is 5.97. The van der Waals surface area contributed by atoms with Crippen LogP contribution < -0.4 is 10.2 Å². The van der Waals surface area contributed by atoms with Crippen molar-refractivity contribution in [3.05, 3.63) is 59.4 Å². The lowest BCUT2D eigenvalue weighted by atomic mass is 10.1. The van der Waals surface area contributed by atoms with E-state index in [1.165, 1.54) is 18.2 Å². The third-order valence-corrected chi connectivity index (χ3v) is 3.83. The molecule has 1 fully saturated rings. The SMILES string of the molecule is O=C1NC(=O)N(c2ccccc2F)C(=O)[C@H]1C=Nc1ccccc1Cl. The molecule has 0 saturated carbocycles. The molecular formula is C17H11ClFN3O3. The molecule has 0 radical (unpaired) electrons. The van der Waals surface area contributed by atoms with E-state index in [0.29, 0.717) is 15.6 Å². The van der Waals surface area contributed by atoms with Gasteiger partial charge in [-0.1, -0.05) is 35.9 Å². The largest absolute Gasteiger partial charge is 0.335 e. The number of urea groups is 1. The Morgan fingerprint density at radius 1 is 1.08 bits per heavy atom. The van der Waals surface area contributed by atoms with Gasteiger partial charge in [-0.3, -0.25) is 19.9 Å². The second-order valence-corrected chi connectivity index (χ2v) is 5.53. The van der Waals surface area contributed by atoms with E-state index in [0.717, 1.165) is 12.3 Å². The molecule has 1 heterocycles. The topological polar surface area (TPSA) is 78.8 Å². The van der Waals surface area contributed by atoms with Crippen LogP contribution in [0.5, 0.6) is 0 Å². The van der Waals surface area contributed by atoms with Gasteiger partial charge in [0.25, 0.3) is 5.91 Å². The molecule has 8 heteroatoms. The number of aliphatic imine (C=N–C) groups is 1. The molecule has 2 aromatic carbocycles. The number of rotatable bonds is 3. The molecule has 0 aliphatic carbocycles. The predicted octanol–water partition coefficient (Wildman–Crippen LogP) is 3.08. The minimum atomic E-state index is -1.38. The lowest BCUT2D eigenvalue weighted by Gasteiger charge is -2.28. The summed E-state index contributed by atoms with van der Waals surface area (Å²) in [6.07, 6.45) is 1.08. The highest BCUT2D eigenvalue weighted by molar-refractivity contribution is 6.34. The third-order valence-electron chi connectivity index (χ3n) is 3.51. The molecule has 126 valence electrons. The van der Waals surface area contributed by atoms with E-state index in [4.69, 9.17) is 11.6 Å². The number of carbonyl (C=O) groups is 3. The summed E-state index contributed by atoms with van der Waals surface area (Å²) in [6, 6.07) is 10.9. The summed E-state index contributed by atoms with van der Waals surface area (Å²) in [4.78, 5) is 41.1. The van der Waals surface area contributed by atoms with Gasteiger partial charge in [-0.15, -0.1) is 0 Å². The van der Waals surface area contributed by atoms with E-state index in [1.807, 2.05) is 5.32 Å². The Morgan fingerprint density at radius 3 is 2.48 bits per heavy atom. The van der Waals surface area contributed by atoms with Crippen LogP contribution in [0.2, 0.25) is 5.02 Å². The van der Waals surface area contributed by atoms with E-state index in [-0.39, 0.29) is 5.69 Å². The Balaban J connectivity index is 1.94. The van der Waals surface area contributed by atoms with Gasteiger partial charge in [-0.05, 0) is 24.3 Å². The molecule has 2 aromatic rings. The standard InChI is InChI=1S/C17H11ClFN3O3/c18-11-5-1-3-7-13(11)20-9-10-15(23)21-17(25)22(16(10)24)14-8-4-2-6-12(14)19/h1-10H,(H,21,23,25)/t10-/m0/s1. The number of amides is 4. The van der Waals surface area contributed by atoms with Crippen molar-refractivity contribution in [2.75, 3.05) is 4.90 Å². The number of nitrogens with one attached hydrogen (secondary N) is 1. The Kier molecular flexibility index (Phi) is 4.58. The van der Waals surface area contributed by atoms with Crippen molar-refractivity contribution >= 4 is 47.0 Å². The molecule has 1 saturated heterocycles. The van der Waals surface area contributed by atoms with Crippen LogP contribution >= 0.6 is 11.6 Å². The summed E-state index contributed by atoms with van der Waals surface area (Å²) in [5.74, 6) is -3.87. The molecule has 6 nitrogen and oxygen atoms in total. The van der Waals surface area contributed by atoms with Gasteiger partial charge in [0, 0.05) is 6.21 Å². The summed E-state index contributed by atoms with van der Waals surface area (Å²) < 4.78 is 13.9. The predicted molar refractivity (Wildman–Crippen MR) is 90.5 cm³/mol. The minimum Gasteiger partial charge on any atom is -0.276 e. The number of carbonyl (C=O) groups excluding carboxylic acids is 3. The number of benzene rings is 2. The van der Waals surface area contributed by atoms with Crippen LogP contribution in [-0.2, 0) is 9.59 Å². The maximum atomic E-state index is 13.9. The highest BCUT2D eigenvalue weighted by Gasteiger charge is 2.41. The molecule has 0 spiro atoms. The highest BCUT2D eigenvalue weighted by atomic mass is 35.5. The summed E-state index contributed by atoms with van der Waals surface area (Å²) in [5, 5.41) is 2.36. The number of imide groups is 2. The third kappa shape index (κ3) is 3.27. The number of para-hydroxylation sites is 2. The van der Waals surface area contributed by atoms with Crippen molar-refractivity contribution < 1.29 is 18.8 Å². The maximum Gasteiger partial charge on any atom is 0.335 e. The lowest BCUT2D eigenvalue weighted by Crippen LogP contribution is -2.58. The first-order valence-electron chi connectivity index (χ1n) is 7.21. The molecule has 0 aromatic heterocycles. The summed E-state index contributed by atoms with van der Waals surface area (Å²) in [7, 11) is 0. The fraction of sp³-hybridized carbons (Fsp3) is 0.0588. The van der Waals surface area contributed by atoms with Crippen molar-refractivity contribution in [3.8, 4) is 0 Å². The molecule has 3 rings (SSSR count). The number of nitrogens with zero attached hydrogens (tertiary/aromatic N) is 2. The fourth-order valence-corrected chi connectivity index (χ4v) is 2.48. The van der Waals surface area contributed by atoms with Crippen LogP contribution in [0, 0.1) is 11.7 Å². The Labute approximate surface area is 146 Å². The van der Waals surface area contributed by atoms with E-state index in [2.05, 4.69) is 4.99 Å². The van der Waals surface area contributed by atoms with Crippen LogP contribution in [0.3, 0.4) is 0 Å². The number of hydrogen-bond donors (Lipinski definition) is 1. The monoisotopic (exact) mass is 359 g/mol. The van der Waals surface area contributed by atoms with Crippen LogP contribution in [-0.4, -0.2) is 24.1 Å². The van der Waals surface area contributed by atoms with Gasteiger partial charge < -0.3 is 0 Å². The smallest absolute Gasteiger partial charge is 0.276 e. The van der Waals surface area contributed by atoms with Gasteiger partial charge in [-0.25, -0.2) is 14.1 Å². The zero-order valence-electron chi connectivity index (χ0n) is 12.6. The lowest BCUT2D eigenvalue weighted by molar-refractivity contribution is -0.131. The average molecular weight is 360 g/mol. The Hall–Kier alpha value is -3.06. The van der Waals surface area contributed by atoms with E-state index < -0.39 is 29.6 Å². The summed E-state index contributed by atoms with van der Waals surface area (Å²) in [6.45, 7) is 0. The van der Waals surface area contributed by atoms with Crippen LogP contribution in [0.25, 0.3) is 0 Å². The van der Waals surface area contributed by atoms with Gasteiger partial charge in [0.2, 0.25) is 5.91 Å². The van der Waals surface area contributed by atoms with Crippen LogP contribution in [0.1, 0.15) is 0 Å². The first-order chi connectivity index (χ1) is 12.0. The van der Waals surface area contributed by atoms with Gasteiger partial charge >= 0.3 is 6.03 Å². The van der Waals surface area contributed by atoms with Crippen molar-refractivity contribution in [3.63, 3.8) is 0 Å². The number of halogens is 2. The molecule has 25 heavy (non-hydrogen) atoms. The van der Waals surface area contributed by atoms with Gasteiger partial charge in [0.1, 0.15) is 5.82 Å². The second-order valence-electron chi connectivity index (χ2n) is 5.13. The summed E-state index contributed by atoms with van der Waals surface area (Å²) in [5.41, 5.74) is 0.118. The molecule has 1 aliphatic rings. The second kappa shape index (κ2) is 6.82. The zero-order valence-corrected chi connectivity index (χ0v) is 13.4. The normalized spacial score (nSPS) is 17.9. The van der Waals surface area contributed by atoms with Crippen LogP contribution in [0.15, 0.2) is 53.5 Å². The maximum absolute atomic E-state index is 13.9. The van der Waals surface area contributed by atoms with Crippen molar-refractivity contribution in [1.82, 2.24) is 5.32 Å². The Morgan fingerprint density at radius 2 is 1.76 bits per heavy atom. The zero-order chi connectivity index (χ0) is 18.0. The molecule has 0 unspecified atom stereocenters.